The van der Waals surface area contributed by atoms with Gasteiger partial charge in [-0.25, -0.2) is 0 Å². The number of aromatic nitrogens is 1. The number of hydrogen-bond donors (Lipinski definition) is 0. The molecule has 0 aliphatic heterocycles. The SMILES string of the molecule is N#Cc1ccc(-c2ccc(-c3ccc(N(c4ccc(-c5ccc6cc(-c7ccccc7)ccc6c5)cc4)c4ccc(-n5c6ccccc6c6ccccc65)cc4)cc3)cc2)cc1. The van der Waals surface area contributed by atoms with Gasteiger partial charge in [-0.15, -0.1) is 0 Å². The Bertz CT molecular complexity index is 3360. The van der Waals surface area contributed by atoms with Crippen molar-refractivity contribution >= 4 is 49.6 Å². The lowest BCUT2D eigenvalue weighted by atomic mass is 9.97. The topological polar surface area (TPSA) is 32.0 Å². The van der Waals surface area contributed by atoms with Crippen LogP contribution < -0.4 is 4.90 Å². The van der Waals surface area contributed by atoms with Crippen molar-refractivity contribution in [2.24, 2.45) is 0 Å². The third-order valence-corrected chi connectivity index (χ3v) is 12.0. The molecule has 62 heavy (non-hydrogen) atoms. The van der Waals surface area contributed by atoms with E-state index in [4.69, 9.17) is 0 Å². The smallest absolute Gasteiger partial charge is 0.0991 e. The minimum atomic E-state index is 0.664. The van der Waals surface area contributed by atoms with Gasteiger partial charge in [-0.05, 0) is 140 Å². The molecule has 0 aliphatic carbocycles. The molecule has 1 aromatic heterocycles. The van der Waals surface area contributed by atoms with Crippen molar-refractivity contribution in [3.63, 3.8) is 0 Å². The molecular weight excluding hydrogens is 751 g/mol. The first-order chi connectivity index (χ1) is 30.7. The van der Waals surface area contributed by atoms with Crippen molar-refractivity contribution in [3.05, 3.63) is 242 Å². The summed E-state index contributed by atoms with van der Waals surface area (Å²) in [5, 5.41) is 14.2. The van der Waals surface area contributed by atoms with Crippen LogP contribution in [0.2, 0.25) is 0 Å². The lowest BCUT2D eigenvalue weighted by molar-refractivity contribution is 1.17. The Labute approximate surface area is 361 Å². The fourth-order valence-corrected chi connectivity index (χ4v) is 8.83. The second kappa shape index (κ2) is 15.6. The molecule has 1 heterocycles. The number of para-hydroxylation sites is 2. The average Bonchev–Trinajstić information content (AvgIpc) is 3.69. The van der Waals surface area contributed by atoms with Crippen molar-refractivity contribution in [3.8, 4) is 56.3 Å². The molecule has 0 bridgehead atoms. The van der Waals surface area contributed by atoms with Gasteiger partial charge in [0.1, 0.15) is 0 Å². The minimum absolute atomic E-state index is 0.664. The highest BCUT2D eigenvalue weighted by molar-refractivity contribution is 6.09. The molecule has 0 spiro atoms. The fourth-order valence-electron chi connectivity index (χ4n) is 8.83. The summed E-state index contributed by atoms with van der Waals surface area (Å²) in [5.41, 5.74) is 16.7. The van der Waals surface area contributed by atoms with Crippen molar-refractivity contribution in [1.82, 2.24) is 4.57 Å². The van der Waals surface area contributed by atoms with E-state index >= 15 is 0 Å². The number of nitrogens with zero attached hydrogens (tertiary/aromatic N) is 3. The van der Waals surface area contributed by atoms with Crippen LogP contribution in [0, 0.1) is 11.3 Å². The molecule has 0 radical (unpaired) electrons. The largest absolute Gasteiger partial charge is 0.311 e. The molecule has 290 valence electrons. The molecule has 0 atom stereocenters. The Morgan fingerprint density at radius 2 is 0.677 bits per heavy atom. The molecule has 3 heteroatoms. The van der Waals surface area contributed by atoms with E-state index in [1.165, 1.54) is 54.8 Å². The summed E-state index contributed by atoms with van der Waals surface area (Å²) in [5.74, 6) is 0. The van der Waals surface area contributed by atoms with Gasteiger partial charge in [-0.3, -0.25) is 0 Å². The van der Waals surface area contributed by atoms with Crippen molar-refractivity contribution < 1.29 is 0 Å². The second-order valence-corrected chi connectivity index (χ2v) is 15.7. The zero-order valence-electron chi connectivity index (χ0n) is 33.9. The standard InChI is InChI=1S/C59H39N3/c60-40-41-14-16-43(17-15-41)44-18-20-45(21-19-44)46-26-30-52(31-27-46)61(54-34-36-55(37-35-54)62-58-12-6-4-10-56(58)57-11-5-7-13-59(57)62)53-32-28-47(29-33-53)49-23-25-50-38-48(22-24-51(50)39-49)42-8-2-1-3-9-42/h1-39H. The number of hydrogen-bond acceptors (Lipinski definition) is 2. The molecule has 0 unspecified atom stereocenters. The third-order valence-electron chi connectivity index (χ3n) is 12.0. The highest BCUT2D eigenvalue weighted by Crippen LogP contribution is 2.39. The molecule has 0 saturated carbocycles. The van der Waals surface area contributed by atoms with E-state index in [1.807, 2.05) is 24.3 Å². The highest BCUT2D eigenvalue weighted by atomic mass is 15.1. The Balaban J connectivity index is 0.938. The maximum absolute atomic E-state index is 9.22. The van der Waals surface area contributed by atoms with E-state index in [1.54, 1.807) is 0 Å². The molecule has 3 nitrogen and oxygen atoms in total. The van der Waals surface area contributed by atoms with Crippen LogP contribution in [-0.2, 0) is 0 Å². The number of nitriles is 1. The maximum Gasteiger partial charge on any atom is 0.0991 e. The normalized spacial score (nSPS) is 11.2. The summed E-state index contributed by atoms with van der Waals surface area (Å²) in [6.07, 6.45) is 0. The van der Waals surface area contributed by atoms with Gasteiger partial charge < -0.3 is 9.47 Å². The molecule has 0 aliphatic rings. The lowest BCUT2D eigenvalue weighted by Gasteiger charge is -2.26. The van der Waals surface area contributed by atoms with Crippen molar-refractivity contribution in [2.45, 2.75) is 0 Å². The van der Waals surface area contributed by atoms with Gasteiger partial charge in [-0.1, -0.05) is 152 Å². The van der Waals surface area contributed by atoms with Crippen molar-refractivity contribution in [2.75, 3.05) is 4.90 Å². The quantitative estimate of drug-likeness (QED) is 0.154. The third kappa shape index (κ3) is 6.76. The molecular formula is C59H39N3. The summed E-state index contributed by atoms with van der Waals surface area (Å²) >= 11 is 0. The zero-order chi connectivity index (χ0) is 41.4. The van der Waals surface area contributed by atoms with Gasteiger partial charge in [0.05, 0.1) is 22.7 Å². The monoisotopic (exact) mass is 789 g/mol. The molecule has 0 fully saturated rings. The first kappa shape index (κ1) is 36.6. The van der Waals surface area contributed by atoms with E-state index in [9.17, 15) is 5.26 Å². The Kier molecular flexibility index (Phi) is 9.23. The van der Waals surface area contributed by atoms with Gasteiger partial charge >= 0.3 is 0 Å². The Morgan fingerprint density at radius 3 is 1.15 bits per heavy atom. The number of anilines is 3. The molecule has 0 N–H and O–H groups in total. The Hall–Kier alpha value is -8.45. The summed E-state index contributed by atoms with van der Waals surface area (Å²) in [6, 6.07) is 86.6. The molecule has 11 aromatic rings. The van der Waals surface area contributed by atoms with Gasteiger partial charge in [0.25, 0.3) is 0 Å². The molecule has 0 amide bonds. The molecule has 11 rings (SSSR count). The van der Waals surface area contributed by atoms with Crippen LogP contribution in [-0.4, -0.2) is 4.57 Å². The summed E-state index contributed by atoms with van der Waals surface area (Å²) in [7, 11) is 0. The van der Waals surface area contributed by atoms with Crippen LogP contribution in [0.1, 0.15) is 5.56 Å². The van der Waals surface area contributed by atoms with Crippen LogP contribution in [0.25, 0.3) is 82.8 Å². The number of rotatable bonds is 8. The van der Waals surface area contributed by atoms with Crippen LogP contribution in [0.3, 0.4) is 0 Å². The first-order valence-electron chi connectivity index (χ1n) is 21.0. The minimum Gasteiger partial charge on any atom is -0.311 e. The fraction of sp³-hybridized carbons (Fsp3) is 0. The molecule has 0 saturated heterocycles. The van der Waals surface area contributed by atoms with E-state index in [0.29, 0.717) is 5.56 Å². The van der Waals surface area contributed by atoms with E-state index < -0.39 is 0 Å². The predicted molar refractivity (Wildman–Crippen MR) is 259 cm³/mol. The van der Waals surface area contributed by atoms with Crippen molar-refractivity contribution in [1.29, 1.82) is 5.26 Å². The maximum atomic E-state index is 9.22. The predicted octanol–water partition coefficient (Wildman–Crippen LogP) is 15.9. The van der Waals surface area contributed by atoms with Crippen LogP contribution >= 0.6 is 0 Å². The number of fused-ring (bicyclic) bond motifs is 4. The zero-order valence-corrected chi connectivity index (χ0v) is 33.9. The average molecular weight is 790 g/mol. The van der Waals surface area contributed by atoms with Gasteiger partial charge in [0.15, 0.2) is 0 Å². The molecule has 10 aromatic carbocycles. The Morgan fingerprint density at radius 1 is 0.323 bits per heavy atom. The van der Waals surface area contributed by atoms with Crippen LogP contribution in [0.15, 0.2) is 237 Å². The lowest BCUT2D eigenvalue weighted by Crippen LogP contribution is -2.10. The van der Waals surface area contributed by atoms with Crippen LogP contribution in [0.5, 0.6) is 0 Å². The summed E-state index contributed by atoms with van der Waals surface area (Å²) in [4.78, 5) is 2.34. The highest BCUT2D eigenvalue weighted by Gasteiger charge is 2.16. The van der Waals surface area contributed by atoms with E-state index in [0.717, 1.165) is 45.0 Å². The summed E-state index contributed by atoms with van der Waals surface area (Å²) in [6.45, 7) is 0. The van der Waals surface area contributed by atoms with E-state index in [-0.39, 0.29) is 0 Å². The number of benzene rings is 10. The van der Waals surface area contributed by atoms with Gasteiger partial charge in [0, 0.05) is 33.5 Å². The first-order valence-corrected chi connectivity index (χ1v) is 21.0. The summed E-state index contributed by atoms with van der Waals surface area (Å²) < 4.78 is 2.36. The van der Waals surface area contributed by atoms with Crippen LogP contribution in [0.4, 0.5) is 17.1 Å². The second-order valence-electron chi connectivity index (χ2n) is 15.7. The van der Waals surface area contributed by atoms with E-state index in [2.05, 4.69) is 228 Å². The van der Waals surface area contributed by atoms with Gasteiger partial charge in [0.2, 0.25) is 0 Å². The van der Waals surface area contributed by atoms with Gasteiger partial charge in [-0.2, -0.15) is 5.26 Å².